The van der Waals surface area contributed by atoms with Crippen LogP contribution in [0.25, 0.3) is 0 Å². The molecule has 1 aliphatic heterocycles. The highest BCUT2D eigenvalue weighted by molar-refractivity contribution is 5.92. The van der Waals surface area contributed by atoms with Crippen LogP contribution in [0.1, 0.15) is 54.0 Å². The average molecular weight is 433 g/mol. The molecule has 1 aliphatic rings. The van der Waals surface area contributed by atoms with Gasteiger partial charge in [-0.1, -0.05) is 0 Å². The van der Waals surface area contributed by atoms with Crippen LogP contribution in [0.5, 0.6) is 0 Å². The molecule has 31 heavy (non-hydrogen) atoms. The van der Waals surface area contributed by atoms with Crippen molar-refractivity contribution in [1.29, 1.82) is 0 Å². The van der Waals surface area contributed by atoms with E-state index in [1.807, 2.05) is 0 Å². The Morgan fingerprint density at radius 1 is 1.16 bits per heavy atom. The minimum absolute atomic E-state index is 0.0177. The zero-order valence-corrected chi connectivity index (χ0v) is 17.3. The Hall–Kier alpha value is -3.14. The molecule has 4 N–H and O–H groups in total. The zero-order valence-electron chi connectivity index (χ0n) is 17.3. The molecule has 2 heterocycles. The number of rotatable bonds is 6. The number of hydrogen-bond acceptors (Lipinski definition) is 6. The Morgan fingerprint density at radius 2 is 1.87 bits per heavy atom. The van der Waals surface area contributed by atoms with Gasteiger partial charge in [0.1, 0.15) is 17.3 Å². The van der Waals surface area contributed by atoms with E-state index in [0.29, 0.717) is 30.5 Å². The summed E-state index contributed by atoms with van der Waals surface area (Å²) in [6.45, 7) is 3.41. The van der Waals surface area contributed by atoms with Gasteiger partial charge < -0.3 is 21.1 Å². The van der Waals surface area contributed by atoms with Crippen LogP contribution in [0.2, 0.25) is 0 Å². The fraction of sp³-hybridized carbons (Fsp3) is 0.429. The summed E-state index contributed by atoms with van der Waals surface area (Å²) in [7, 11) is 0. The lowest BCUT2D eigenvalue weighted by molar-refractivity contribution is -0.122. The lowest BCUT2D eigenvalue weighted by Gasteiger charge is -2.36. The minimum Gasteiger partial charge on any atom is -0.370 e. The van der Waals surface area contributed by atoms with E-state index >= 15 is 0 Å². The van der Waals surface area contributed by atoms with Gasteiger partial charge in [-0.15, -0.1) is 0 Å². The van der Waals surface area contributed by atoms with Gasteiger partial charge in [-0.25, -0.2) is 18.7 Å². The predicted octanol–water partition coefficient (Wildman–Crippen LogP) is 2.19. The number of nitrogens with zero attached hydrogens (tertiary/aromatic N) is 2. The van der Waals surface area contributed by atoms with E-state index in [-0.39, 0.29) is 36.2 Å². The largest absolute Gasteiger partial charge is 0.370 e. The van der Waals surface area contributed by atoms with Gasteiger partial charge in [0.05, 0.1) is 12.2 Å². The third kappa shape index (κ3) is 6.42. The molecule has 1 aromatic carbocycles. The van der Waals surface area contributed by atoms with Crippen molar-refractivity contribution < 1.29 is 23.1 Å². The fourth-order valence-corrected chi connectivity index (χ4v) is 3.73. The molecule has 2 amide bonds. The predicted molar refractivity (Wildman–Crippen MR) is 109 cm³/mol. The summed E-state index contributed by atoms with van der Waals surface area (Å²) in [4.78, 5) is 31.7. The summed E-state index contributed by atoms with van der Waals surface area (Å²) >= 11 is 0. The monoisotopic (exact) mass is 433 g/mol. The van der Waals surface area contributed by atoms with Gasteiger partial charge >= 0.3 is 0 Å². The third-order valence-electron chi connectivity index (χ3n) is 4.92. The first-order valence-corrected chi connectivity index (χ1v) is 9.97. The van der Waals surface area contributed by atoms with Crippen LogP contribution in [-0.4, -0.2) is 40.5 Å². The molecule has 1 aromatic heterocycles. The van der Waals surface area contributed by atoms with Gasteiger partial charge in [-0.05, 0) is 49.9 Å². The number of halogens is 2. The highest BCUT2D eigenvalue weighted by atomic mass is 19.1. The number of benzene rings is 1. The lowest BCUT2D eigenvalue weighted by Crippen LogP contribution is -2.43. The Balaban J connectivity index is 1.64. The van der Waals surface area contributed by atoms with E-state index in [2.05, 4.69) is 20.6 Å². The Bertz CT molecular complexity index is 932. The molecule has 0 bridgehead atoms. The summed E-state index contributed by atoms with van der Waals surface area (Å²) in [6, 6.07) is 4.57. The molecule has 8 nitrogen and oxygen atoms in total. The number of nitrogens with one attached hydrogen (secondary N) is 2. The van der Waals surface area contributed by atoms with Gasteiger partial charge in [0, 0.05) is 31.3 Å². The Morgan fingerprint density at radius 3 is 2.52 bits per heavy atom. The summed E-state index contributed by atoms with van der Waals surface area (Å²) in [5.74, 6) is -1.95. The zero-order chi connectivity index (χ0) is 22.5. The molecule has 0 unspecified atom stereocenters. The van der Waals surface area contributed by atoms with Crippen LogP contribution in [0.4, 0.5) is 14.7 Å². The van der Waals surface area contributed by atoms with Crippen molar-refractivity contribution >= 4 is 17.8 Å². The van der Waals surface area contributed by atoms with Crippen molar-refractivity contribution in [2.75, 3.05) is 12.3 Å². The Labute approximate surface area is 178 Å². The molecule has 3 rings (SSSR count). The average Bonchev–Trinajstić information content (AvgIpc) is 2.65. The van der Waals surface area contributed by atoms with Crippen LogP contribution in [0.15, 0.2) is 24.3 Å². The molecular weight excluding hydrogens is 408 g/mol. The molecule has 1 fully saturated rings. The maximum Gasteiger partial charge on any atom is 0.270 e. The van der Waals surface area contributed by atoms with Crippen molar-refractivity contribution in [3.05, 3.63) is 52.9 Å². The van der Waals surface area contributed by atoms with Crippen molar-refractivity contribution in [2.45, 2.75) is 51.4 Å². The molecule has 0 radical (unpaired) electrons. The van der Waals surface area contributed by atoms with Crippen LogP contribution in [-0.2, 0) is 9.53 Å². The number of aromatic nitrogens is 2. The second kappa shape index (κ2) is 9.78. The highest BCUT2D eigenvalue weighted by Crippen LogP contribution is 2.33. The Kier molecular flexibility index (Phi) is 7.11. The van der Waals surface area contributed by atoms with E-state index in [0.717, 1.165) is 6.07 Å². The molecule has 1 saturated heterocycles. The summed E-state index contributed by atoms with van der Waals surface area (Å²) < 4.78 is 33.4. The van der Waals surface area contributed by atoms with Gasteiger partial charge in [0.15, 0.2) is 0 Å². The van der Waals surface area contributed by atoms with Crippen molar-refractivity contribution in [2.24, 2.45) is 0 Å². The first kappa shape index (κ1) is 22.5. The number of ether oxygens (including phenoxy) is 1. The van der Waals surface area contributed by atoms with Crippen molar-refractivity contribution in [3.8, 4) is 0 Å². The number of anilines is 1. The molecule has 0 saturated carbocycles. The molecule has 10 heteroatoms. The third-order valence-corrected chi connectivity index (χ3v) is 4.92. The first-order chi connectivity index (χ1) is 14.7. The van der Waals surface area contributed by atoms with Gasteiger partial charge in [0.25, 0.3) is 5.91 Å². The summed E-state index contributed by atoms with van der Waals surface area (Å²) in [5.41, 5.74) is 6.69. The van der Waals surface area contributed by atoms with E-state index in [1.54, 1.807) is 6.92 Å². The van der Waals surface area contributed by atoms with Gasteiger partial charge in [0.2, 0.25) is 11.9 Å². The number of nitrogens with two attached hydrogens (primary N) is 1. The normalized spacial score (nSPS) is 20.8. The maximum absolute atomic E-state index is 13.7. The number of aryl methyl sites for hydroxylation is 1. The first-order valence-electron chi connectivity index (χ1n) is 9.97. The SMILES string of the molecule is CC(=O)N[C@H]1C[C@@H](CCNC(=O)c2cc(C)nc(N)n2)O[C@@H](c2cc(F)cc(F)c2)C1. The molecule has 3 atom stereocenters. The number of hydrogen-bond donors (Lipinski definition) is 3. The lowest BCUT2D eigenvalue weighted by atomic mass is 9.92. The summed E-state index contributed by atoms with van der Waals surface area (Å²) in [5, 5.41) is 5.61. The second-order valence-electron chi connectivity index (χ2n) is 7.62. The molecule has 166 valence electrons. The molecule has 0 spiro atoms. The van der Waals surface area contributed by atoms with Crippen LogP contribution in [0, 0.1) is 18.6 Å². The molecular formula is C21H25F2N5O3. The van der Waals surface area contributed by atoms with E-state index in [1.165, 1.54) is 25.1 Å². The van der Waals surface area contributed by atoms with Crippen LogP contribution in [0.3, 0.4) is 0 Å². The van der Waals surface area contributed by atoms with Crippen LogP contribution < -0.4 is 16.4 Å². The maximum atomic E-state index is 13.7. The molecule has 0 aliphatic carbocycles. The van der Waals surface area contributed by atoms with Gasteiger partial charge in [-0.2, -0.15) is 0 Å². The highest BCUT2D eigenvalue weighted by Gasteiger charge is 2.31. The number of nitrogen functional groups attached to an aromatic ring is 1. The van der Waals surface area contributed by atoms with E-state index < -0.39 is 23.6 Å². The summed E-state index contributed by atoms with van der Waals surface area (Å²) in [6.07, 6.45) is 0.435. The standard InChI is InChI=1S/C21H25F2N5O3/c1-11-5-18(28-21(24)26-11)20(30)25-4-3-17-9-16(27-12(2)29)10-19(31-17)13-6-14(22)8-15(23)7-13/h5-8,16-17,19H,3-4,9-10H2,1-2H3,(H,25,30)(H,27,29)(H2,24,26,28)/t16-,17+,19+/m0/s1. The number of amides is 2. The number of carbonyl (C=O) groups excluding carboxylic acids is 2. The quantitative estimate of drug-likeness (QED) is 0.643. The van der Waals surface area contributed by atoms with E-state index in [9.17, 15) is 18.4 Å². The smallest absolute Gasteiger partial charge is 0.270 e. The van der Waals surface area contributed by atoms with E-state index in [4.69, 9.17) is 10.5 Å². The minimum atomic E-state index is -0.691. The fourth-order valence-electron chi connectivity index (χ4n) is 3.73. The molecule has 2 aromatic rings. The van der Waals surface area contributed by atoms with Crippen molar-refractivity contribution in [1.82, 2.24) is 20.6 Å². The number of carbonyl (C=O) groups is 2. The van der Waals surface area contributed by atoms with Crippen LogP contribution >= 0.6 is 0 Å². The topological polar surface area (TPSA) is 119 Å². The van der Waals surface area contributed by atoms with Crippen molar-refractivity contribution in [3.63, 3.8) is 0 Å². The second-order valence-corrected chi connectivity index (χ2v) is 7.62. The van der Waals surface area contributed by atoms with Gasteiger partial charge in [-0.3, -0.25) is 9.59 Å².